The Kier molecular flexibility index (Phi) is 8.07. The number of halogens is 1. The van der Waals surface area contributed by atoms with Crippen molar-refractivity contribution in [2.75, 3.05) is 6.26 Å². The van der Waals surface area contributed by atoms with E-state index in [9.17, 15) is 16.8 Å². The molecular formula is C25H23ClN2O5S2. The van der Waals surface area contributed by atoms with Crippen LogP contribution in [0.5, 0.6) is 0 Å². The largest absolute Gasteiger partial charge is 0.294 e. The van der Waals surface area contributed by atoms with Crippen LogP contribution >= 0.6 is 11.6 Å². The van der Waals surface area contributed by atoms with Crippen LogP contribution in [0.1, 0.15) is 11.3 Å². The van der Waals surface area contributed by atoms with Crippen LogP contribution in [-0.4, -0.2) is 37.6 Å². The molecule has 1 N–H and O–H groups in total. The van der Waals surface area contributed by atoms with Crippen LogP contribution in [0.3, 0.4) is 0 Å². The summed E-state index contributed by atoms with van der Waals surface area (Å²) in [6.45, 7) is 3.76. The van der Waals surface area contributed by atoms with Crippen LogP contribution in [0.25, 0.3) is 22.4 Å². The van der Waals surface area contributed by atoms with E-state index in [4.69, 9.17) is 16.2 Å². The maximum absolute atomic E-state index is 11.6. The third-order valence-electron chi connectivity index (χ3n) is 4.95. The Hall–Kier alpha value is -3.11. The molecule has 0 bridgehead atoms. The molecule has 0 saturated carbocycles. The Bertz CT molecular complexity index is 1540. The monoisotopic (exact) mass is 530 g/mol. The summed E-state index contributed by atoms with van der Waals surface area (Å²) in [5.74, 6) is 0. The maximum atomic E-state index is 11.6. The van der Waals surface area contributed by atoms with Crippen LogP contribution in [0.15, 0.2) is 88.9 Å². The Morgan fingerprint density at radius 3 is 1.83 bits per heavy atom. The van der Waals surface area contributed by atoms with E-state index in [2.05, 4.69) is 9.97 Å². The summed E-state index contributed by atoms with van der Waals surface area (Å²) < 4.78 is 52.8. The lowest BCUT2D eigenvalue weighted by atomic mass is 10.0. The van der Waals surface area contributed by atoms with E-state index in [1.807, 2.05) is 32.0 Å². The van der Waals surface area contributed by atoms with Gasteiger partial charge in [-0.2, -0.15) is 8.42 Å². The Balaban J connectivity index is 0.000000261. The lowest BCUT2D eigenvalue weighted by Crippen LogP contribution is -1.97. The van der Waals surface area contributed by atoms with Gasteiger partial charge in [0, 0.05) is 35.5 Å². The van der Waals surface area contributed by atoms with Crippen molar-refractivity contribution < 1.29 is 21.4 Å². The van der Waals surface area contributed by atoms with Gasteiger partial charge in [-0.3, -0.25) is 14.5 Å². The average Bonchev–Trinajstić information content (AvgIpc) is 2.79. The quantitative estimate of drug-likeness (QED) is 0.350. The van der Waals surface area contributed by atoms with Crippen LogP contribution in [0.2, 0.25) is 5.02 Å². The molecule has 0 amide bonds. The molecule has 2 aromatic heterocycles. The normalized spacial score (nSPS) is 11.5. The number of aryl methyl sites for hydroxylation is 2. The van der Waals surface area contributed by atoms with E-state index >= 15 is 0 Å². The van der Waals surface area contributed by atoms with E-state index in [1.54, 1.807) is 48.8 Å². The zero-order valence-electron chi connectivity index (χ0n) is 19.2. The number of sulfone groups is 1. The number of pyridine rings is 2. The lowest BCUT2D eigenvalue weighted by Gasteiger charge is -2.10. The van der Waals surface area contributed by atoms with E-state index in [-0.39, 0.29) is 9.79 Å². The van der Waals surface area contributed by atoms with Gasteiger partial charge in [-0.15, -0.1) is 0 Å². The topological polar surface area (TPSA) is 114 Å². The summed E-state index contributed by atoms with van der Waals surface area (Å²) in [5.41, 5.74) is 5.17. The second kappa shape index (κ2) is 10.7. The van der Waals surface area contributed by atoms with Crippen molar-refractivity contribution in [2.45, 2.75) is 23.6 Å². The molecule has 0 unspecified atom stereocenters. The van der Waals surface area contributed by atoms with Crippen LogP contribution in [-0.2, 0) is 20.0 Å². The number of rotatable bonds is 4. The molecule has 7 nitrogen and oxygen atoms in total. The van der Waals surface area contributed by atoms with Crippen LogP contribution in [0, 0.1) is 13.8 Å². The van der Waals surface area contributed by atoms with Crippen molar-refractivity contribution >= 4 is 31.6 Å². The third kappa shape index (κ3) is 7.19. The molecule has 0 aliphatic rings. The Morgan fingerprint density at radius 1 is 0.743 bits per heavy atom. The first-order valence-electron chi connectivity index (χ1n) is 10.3. The van der Waals surface area contributed by atoms with Gasteiger partial charge in [0.1, 0.15) is 0 Å². The van der Waals surface area contributed by atoms with E-state index in [0.717, 1.165) is 33.6 Å². The van der Waals surface area contributed by atoms with Crippen molar-refractivity contribution in [2.24, 2.45) is 0 Å². The molecule has 4 rings (SSSR count). The summed E-state index contributed by atoms with van der Waals surface area (Å²) in [4.78, 5) is 8.95. The fraction of sp³-hybridized carbons (Fsp3) is 0.120. The maximum Gasteiger partial charge on any atom is 0.294 e. The van der Waals surface area contributed by atoms with Crippen LogP contribution < -0.4 is 0 Å². The Labute approximate surface area is 210 Å². The van der Waals surface area contributed by atoms with Gasteiger partial charge in [0.2, 0.25) is 0 Å². The second-order valence-corrected chi connectivity index (χ2v) is 11.7. The number of aromatic nitrogens is 2. The molecule has 0 saturated heterocycles. The standard InChI is InChI=1S/C18H15ClN2O2S.C7H8O3S/c1-12-3-4-14(10-20-12)18-17(9-15(19)11-21-18)13-5-7-16(8-6-13)24(2,22)23;1-6-2-4-7(5-3-6)11(8,9)10/h3-11H,1-2H3;2-5H,1H3,(H,8,9,10). The summed E-state index contributed by atoms with van der Waals surface area (Å²) in [5, 5.41) is 0.515. The van der Waals surface area contributed by atoms with Gasteiger partial charge in [0.25, 0.3) is 10.1 Å². The first-order valence-corrected chi connectivity index (χ1v) is 14.0. The highest BCUT2D eigenvalue weighted by molar-refractivity contribution is 7.90. The minimum absolute atomic E-state index is 0.0666. The molecule has 2 aromatic carbocycles. The SMILES string of the molecule is Cc1ccc(-c2ncc(Cl)cc2-c2ccc(S(C)(=O)=O)cc2)cn1.Cc1ccc(S(=O)(=O)O)cc1. The fourth-order valence-corrected chi connectivity index (χ4v) is 4.36. The summed E-state index contributed by atoms with van der Waals surface area (Å²) in [6.07, 6.45) is 4.54. The van der Waals surface area contributed by atoms with E-state index in [0.29, 0.717) is 5.02 Å². The summed E-state index contributed by atoms with van der Waals surface area (Å²) >= 11 is 6.11. The van der Waals surface area contributed by atoms with Gasteiger partial charge >= 0.3 is 0 Å². The molecule has 0 spiro atoms. The molecule has 0 radical (unpaired) electrons. The molecule has 182 valence electrons. The first-order chi connectivity index (χ1) is 16.3. The number of hydrogen-bond acceptors (Lipinski definition) is 6. The molecule has 0 atom stereocenters. The summed E-state index contributed by atoms with van der Waals surface area (Å²) in [6, 6.07) is 18.4. The van der Waals surface area contributed by atoms with E-state index < -0.39 is 20.0 Å². The molecule has 2 heterocycles. The van der Waals surface area contributed by atoms with Crippen molar-refractivity contribution in [3.05, 3.63) is 95.4 Å². The lowest BCUT2D eigenvalue weighted by molar-refractivity contribution is 0.483. The number of benzene rings is 2. The fourth-order valence-electron chi connectivity index (χ4n) is 3.09. The van der Waals surface area contributed by atoms with E-state index in [1.165, 1.54) is 18.4 Å². The highest BCUT2D eigenvalue weighted by atomic mass is 35.5. The molecule has 0 aliphatic heterocycles. The van der Waals surface area contributed by atoms with Gasteiger partial charge < -0.3 is 0 Å². The van der Waals surface area contributed by atoms with Crippen molar-refractivity contribution in [1.82, 2.24) is 9.97 Å². The predicted molar refractivity (Wildman–Crippen MR) is 137 cm³/mol. The molecular weight excluding hydrogens is 508 g/mol. The molecule has 35 heavy (non-hydrogen) atoms. The number of nitrogens with zero attached hydrogens (tertiary/aromatic N) is 2. The van der Waals surface area contributed by atoms with Crippen molar-refractivity contribution in [3.63, 3.8) is 0 Å². The Morgan fingerprint density at radius 2 is 1.31 bits per heavy atom. The van der Waals surface area contributed by atoms with Gasteiger partial charge in [-0.1, -0.05) is 41.4 Å². The van der Waals surface area contributed by atoms with Crippen molar-refractivity contribution in [1.29, 1.82) is 0 Å². The minimum atomic E-state index is -4.02. The van der Waals surface area contributed by atoms with Crippen LogP contribution in [0.4, 0.5) is 0 Å². The summed E-state index contributed by atoms with van der Waals surface area (Å²) in [7, 11) is -7.25. The zero-order valence-corrected chi connectivity index (χ0v) is 21.6. The van der Waals surface area contributed by atoms with Crippen molar-refractivity contribution in [3.8, 4) is 22.4 Å². The van der Waals surface area contributed by atoms with Gasteiger partial charge in [-0.05, 0) is 61.9 Å². The highest BCUT2D eigenvalue weighted by Crippen LogP contribution is 2.32. The molecule has 0 aliphatic carbocycles. The minimum Gasteiger partial charge on any atom is -0.282 e. The first kappa shape index (κ1) is 26.5. The molecule has 0 fully saturated rings. The smallest absolute Gasteiger partial charge is 0.282 e. The average molecular weight is 531 g/mol. The van der Waals surface area contributed by atoms with Gasteiger partial charge in [-0.25, -0.2) is 8.42 Å². The van der Waals surface area contributed by atoms with Gasteiger partial charge in [0.15, 0.2) is 9.84 Å². The molecule has 10 heteroatoms. The predicted octanol–water partition coefficient (Wildman–Crippen LogP) is 5.42. The zero-order chi connectivity index (χ0) is 25.8. The molecule has 4 aromatic rings. The third-order valence-corrected chi connectivity index (χ3v) is 7.15. The number of hydrogen-bond donors (Lipinski definition) is 1. The second-order valence-electron chi connectivity index (χ2n) is 7.82. The highest BCUT2D eigenvalue weighted by Gasteiger charge is 2.12. The van der Waals surface area contributed by atoms with Gasteiger partial charge in [0.05, 0.1) is 20.5 Å².